The minimum absolute atomic E-state index is 0.210. The number of unbranched alkanes of at least 4 members (excludes halogenated alkanes) is 2. The number of hydrogen-bond acceptors (Lipinski definition) is 5. The van der Waals surface area contributed by atoms with Gasteiger partial charge in [-0.1, -0.05) is 36.8 Å². The number of H-pyrrole nitrogens is 1. The normalized spacial score (nSPS) is 11.1. The van der Waals surface area contributed by atoms with Gasteiger partial charge < -0.3 is 4.90 Å². The third kappa shape index (κ3) is 4.68. The molecule has 0 atom stereocenters. The molecule has 9 heteroatoms. The van der Waals surface area contributed by atoms with Gasteiger partial charge in [0.2, 0.25) is 0 Å². The number of carbonyl (C=O) groups excluding carboxylic acids is 1. The lowest BCUT2D eigenvalue weighted by molar-refractivity contribution is 0.0787. The maximum absolute atomic E-state index is 12.8. The SMILES string of the molecule is CN(CCCCCc1cc(-c2ccccc2)n[nH]1)C(=O)c1ccc2c(=O)n(C)c(=O)n(C)c2n1. The lowest BCUT2D eigenvalue weighted by Crippen LogP contribution is -2.37. The number of nitrogens with zero attached hydrogens (tertiary/aromatic N) is 5. The average Bonchev–Trinajstić information content (AvgIpc) is 3.34. The van der Waals surface area contributed by atoms with E-state index >= 15 is 0 Å². The Morgan fingerprint density at radius 3 is 2.53 bits per heavy atom. The molecule has 1 amide bonds. The summed E-state index contributed by atoms with van der Waals surface area (Å²) in [5.74, 6) is -0.240. The van der Waals surface area contributed by atoms with E-state index in [2.05, 4.69) is 21.2 Å². The van der Waals surface area contributed by atoms with Crippen LogP contribution in [0.4, 0.5) is 0 Å². The van der Waals surface area contributed by atoms with Gasteiger partial charge in [0.25, 0.3) is 11.5 Å². The molecule has 3 heterocycles. The summed E-state index contributed by atoms with van der Waals surface area (Å²) < 4.78 is 2.32. The van der Waals surface area contributed by atoms with Crippen LogP contribution in [0.25, 0.3) is 22.3 Å². The first kappa shape index (κ1) is 23.2. The maximum Gasteiger partial charge on any atom is 0.332 e. The summed E-state index contributed by atoms with van der Waals surface area (Å²) in [6.07, 6.45) is 3.70. The largest absolute Gasteiger partial charge is 0.340 e. The van der Waals surface area contributed by atoms with Gasteiger partial charge in [0.1, 0.15) is 11.3 Å². The quantitative estimate of drug-likeness (QED) is 0.407. The standard InChI is InChI=1S/C25H28N6O3/c1-29(15-9-5-8-12-18-16-21(28-27-18)17-10-6-4-7-11-17)24(33)20-14-13-19-22(26-20)30(2)25(34)31(3)23(19)32/h4,6-7,10-11,13-14,16H,5,8-9,12,15H2,1-3H3,(H,27,28). The molecule has 0 spiro atoms. The fraction of sp³-hybridized carbons (Fsp3) is 0.320. The Hall–Kier alpha value is -4.01. The molecule has 0 radical (unpaired) electrons. The highest BCUT2D eigenvalue weighted by Crippen LogP contribution is 2.18. The van der Waals surface area contributed by atoms with E-state index in [1.165, 1.54) is 24.7 Å². The number of amides is 1. The van der Waals surface area contributed by atoms with Gasteiger partial charge in [0.15, 0.2) is 0 Å². The van der Waals surface area contributed by atoms with Gasteiger partial charge in [-0.05, 0) is 37.5 Å². The molecule has 4 rings (SSSR count). The molecule has 0 aliphatic heterocycles. The van der Waals surface area contributed by atoms with Crippen LogP contribution < -0.4 is 11.2 Å². The highest BCUT2D eigenvalue weighted by Gasteiger charge is 2.16. The van der Waals surface area contributed by atoms with Crippen LogP contribution in [0.1, 0.15) is 35.4 Å². The van der Waals surface area contributed by atoms with Crippen LogP contribution in [-0.4, -0.2) is 48.7 Å². The Balaban J connectivity index is 1.30. The molecule has 0 fully saturated rings. The summed E-state index contributed by atoms with van der Waals surface area (Å²) in [4.78, 5) is 43.3. The van der Waals surface area contributed by atoms with Gasteiger partial charge in [-0.25, -0.2) is 9.78 Å². The van der Waals surface area contributed by atoms with E-state index in [0.29, 0.717) is 11.9 Å². The second kappa shape index (κ2) is 9.86. The van der Waals surface area contributed by atoms with Crippen molar-refractivity contribution in [3.8, 4) is 11.3 Å². The molecule has 0 saturated heterocycles. The molecule has 9 nitrogen and oxygen atoms in total. The molecular formula is C25H28N6O3. The number of benzene rings is 1. The number of rotatable bonds is 8. The molecule has 1 N–H and O–H groups in total. The minimum atomic E-state index is -0.476. The number of hydrogen-bond donors (Lipinski definition) is 1. The monoisotopic (exact) mass is 460 g/mol. The Kier molecular flexibility index (Phi) is 6.72. The molecule has 176 valence electrons. The van der Waals surface area contributed by atoms with Crippen LogP contribution in [0.15, 0.2) is 58.1 Å². The summed E-state index contributed by atoms with van der Waals surface area (Å²) in [6, 6.07) is 15.2. The predicted octanol–water partition coefficient (Wildman–Crippen LogP) is 2.51. The number of aromatic nitrogens is 5. The van der Waals surface area contributed by atoms with Crippen LogP contribution in [0.2, 0.25) is 0 Å². The van der Waals surface area contributed by atoms with Crippen molar-refractivity contribution in [3.05, 3.63) is 80.8 Å². The van der Waals surface area contributed by atoms with E-state index in [9.17, 15) is 14.4 Å². The lowest BCUT2D eigenvalue weighted by Gasteiger charge is -2.17. The summed E-state index contributed by atoms with van der Waals surface area (Å²) >= 11 is 0. The van der Waals surface area contributed by atoms with Gasteiger partial charge in [0.05, 0.1) is 11.1 Å². The Morgan fingerprint density at radius 2 is 1.76 bits per heavy atom. The number of carbonyl (C=O) groups is 1. The Morgan fingerprint density at radius 1 is 1.00 bits per heavy atom. The zero-order valence-electron chi connectivity index (χ0n) is 19.6. The lowest BCUT2D eigenvalue weighted by atomic mass is 10.1. The highest BCUT2D eigenvalue weighted by molar-refractivity contribution is 5.94. The van der Waals surface area contributed by atoms with Gasteiger partial charge in [0, 0.05) is 38.9 Å². The smallest absolute Gasteiger partial charge is 0.332 e. The molecule has 1 aromatic carbocycles. The number of fused-ring (bicyclic) bond motifs is 1. The van der Waals surface area contributed by atoms with Gasteiger partial charge in [-0.3, -0.25) is 23.8 Å². The molecule has 4 aromatic rings. The average molecular weight is 461 g/mol. The van der Waals surface area contributed by atoms with Gasteiger partial charge in [-0.2, -0.15) is 5.10 Å². The summed E-state index contributed by atoms with van der Waals surface area (Å²) in [6.45, 7) is 0.590. The maximum atomic E-state index is 12.8. The first-order chi connectivity index (χ1) is 16.4. The van der Waals surface area contributed by atoms with Crippen LogP contribution in [0.3, 0.4) is 0 Å². The summed E-state index contributed by atoms with van der Waals surface area (Å²) in [7, 11) is 4.70. The van der Waals surface area contributed by atoms with Crippen molar-refractivity contribution in [2.75, 3.05) is 13.6 Å². The fourth-order valence-corrected chi connectivity index (χ4v) is 3.96. The van der Waals surface area contributed by atoms with E-state index in [4.69, 9.17) is 0 Å². The molecule has 3 aromatic heterocycles. The molecule has 0 aliphatic carbocycles. The number of nitrogens with one attached hydrogen (secondary N) is 1. The van der Waals surface area contributed by atoms with Gasteiger partial charge in [-0.15, -0.1) is 0 Å². The molecule has 0 unspecified atom stereocenters. The van der Waals surface area contributed by atoms with Crippen molar-refractivity contribution in [2.45, 2.75) is 25.7 Å². The van der Waals surface area contributed by atoms with Crippen LogP contribution >= 0.6 is 0 Å². The third-order valence-corrected chi connectivity index (χ3v) is 6.01. The Bertz CT molecular complexity index is 1430. The Labute approximate surface area is 196 Å². The van der Waals surface area contributed by atoms with Crippen molar-refractivity contribution in [1.29, 1.82) is 0 Å². The van der Waals surface area contributed by atoms with Crippen LogP contribution in [-0.2, 0) is 20.5 Å². The molecule has 34 heavy (non-hydrogen) atoms. The second-order valence-electron chi connectivity index (χ2n) is 8.46. The highest BCUT2D eigenvalue weighted by atomic mass is 16.2. The molecular weight excluding hydrogens is 432 g/mol. The van der Waals surface area contributed by atoms with Crippen LogP contribution in [0, 0.1) is 0 Å². The van der Waals surface area contributed by atoms with Crippen LogP contribution in [0.5, 0.6) is 0 Å². The van der Waals surface area contributed by atoms with Crippen molar-refractivity contribution < 1.29 is 4.79 Å². The second-order valence-corrected chi connectivity index (χ2v) is 8.46. The van der Waals surface area contributed by atoms with E-state index in [1.807, 2.05) is 30.3 Å². The zero-order valence-corrected chi connectivity index (χ0v) is 19.6. The van der Waals surface area contributed by atoms with Crippen molar-refractivity contribution in [2.24, 2.45) is 14.1 Å². The first-order valence-corrected chi connectivity index (χ1v) is 11.3. The van der Waals surface area contributed by atoms with E-state index in [-0.39, 0.29) is 17.2 Å². The zero-order chi connectivity index (χ0) is 24.2. The molecule has 0 aliphatic rings. The summed E-state index contributed by atoms with van der Waals surface area (Å²) in [5, 5.41) is 7.79. The molecule has 0 saturated carbocycles. The number of aryl methyl sites for hydroxylation is 2. The number of aromatic amines is 1. The van der Waals surface area contributed by atoms with Gasteiger partial charge >= 0.3 is 5.69 Å². The fourth-order valence-electron chi connectivity index (χ4n) is 3.96. The van der Waals surface area contributed by atoms with E-state index in [0.717, 1.165) is 47.2 Å². The van der Waals surface area contributed by atoms with Crippen molar-refractivity contribution >= 4 is 16.9 Å². The van der Waals surface area contributed by atoms with Crippen molar-refractivity contribution in [3.63, 3.8) is 0 Å². The number of pyridine rings is 1. The van der Waals surface area contributed by atoms with E-state index < -0.39 is 11.2 Å². The topological polar surface area (TPSA) is 106 Å². The van der Waals surface area contributed by atoms with E-state index in [1.54, 1.807) is 18.0 Å². The third-order valence-electron chi connectivity index (χ3n) is 6.01. The first-order valence-electron chi connectivity index (χ1n) is 11.3. The minimum Gasteiger partial charge on any atom is -0.340 e. The predicted molar refractivity (Wildman–Crippen MR) is 131 cm³/mol. The van der Waals surface area contributed by atoms with Crippen molar-refractivity contribution in [1.82, 2.24) is 29.2 Å². The molecule has 0 bridgehead atoms. The summed E-state index contributed by atoms with van der Waals surface area (Å²) in [5.41, 5.74) is 2.65.